The van der Waals surface area contributed by atoms with E-state index in [1.54, 1.807) is 28.0 Å². The van der Waals surface area contributed by atoms with Gasteiger partial charge in [-0.15, -0.1) is 13.2 Å². The van der Waals surface area contributed by atoms with Gasteiger partial charge >= 0.3 is 18.5 Å². The molecule has 1 aliphatic heterocycles. The molecule has 4 rings (SSSR count). The molecule has 1 saturated heterocycles. The van der Waals surface area contributed by atoms with E-state index in [4.69, 9.17) is 4.74 Å². The summed E-state index contributed by atoms with van der Waals surface area (Å²) in [6.07, 6.45) is -4.82. The van der Waals surface area contributed by atoms with Gasteiger partial charge in [0.05, 0.1) is 11.4 Å². The number of ether oxygens (including phenoxy) is 2. The van der Waals surface area contributed by atoms with Gasteiger partial charge in [-0.1, -0.05) is 48.5 Å². The summed E-state index contributed by atoms with van der Waals surface area (Å²) in [6, 6.07) is 19.8. The van der Waals surface area contributed by atoms with Crippen LogP contribution in [-0.2, 0) is 17.9 Å². The molecule has 0 radical (unpaired) electrons. The molecule has 37 heavy (non-hydrogen) atoms. The van der Waals surface area contributed by atoms with Crippen molar-refractivity contribution in [3.8, 4) is 5.75 Å². The van der Waals surface area contributed by atoms with Crippen molar-refractivity contribution in [2.75, 3.05) is 23.3 Å². The number of carbonyl (C=O) groups excluding carboxylic acids is 2. The number of carbonyl (C=O) groups is 2. The minimum absolute atomic E-state index is 0.0986. The van der Waals surface area contributed by atoms with E-state index in [1.165, 1.54) is 18.2 Å². The topological polar surface area (TPSA) is 71.1 Å². The van der Waals surface area contributed by atoms with Gasteiger partial charge < -0.3 is 14.4 Å². The molecule has 0 saturated carbocycles. The smallest absolute Gasteiger partial charge is 0.444 e. The predicted octanol–water partition coefficient (Wildman–Crippen LogP) is 6.47. The number of alkyl halides is 3. The molecule has 1 N–H and O–H groups in total. The van der Waals surface area contributed by atoms with Crippen LogP contribution in [0.25, 0.3) is 0 Å². The average Bonchev–Trinajstić information content (AvgIpc) is 2.84. The highest BCUT2D eigenvalue weighted by atomic mass is 19.4. The summed E-state index contributed by atoms with van der Waals surface area (Å²) in [4.78, 5) is 29.0. The Morgan fingerprint density at radius 1 is 0.973 bits per heavy atom. The molecular weight excluding hydrogens is 487 g/mol. The van der Waals surface area contributed by atoms with Crippen LogP contribution in [-0.4, -0.2) is 36.5 Å². The maximum absolute atomic E-state index is 13.4. The number of nitrogens with zero attached hydrogens (tertiary/aromatic N) is 2. The molecule has 1 aliphatic rings. The van der Waals surface area contributed by atoms with E-state index in [0.29, 0.717) is 36.4 Å². The van der Waals surface area contributed by atoms with Crippen LogP contribution in [0.1, 0.15) is 23.1 Å². The predicted molar refractivity (Wildman–Crippen MR) is 132 cm³/mol. The first-order valence-electron chi connectivity index (χ1n) is 11.7. The molecule has 7 nitrogen and oxygen atoms in total. The van der Waals surface area contributed by atoms with Crippen LogP contribution < -0.4 is 15.0 Å². The summed E-state index contributed by atoms with van der Waals surface area (Å²) in [6.45, 7) is 2.93. The van der Waals surface area contributed by atoms with Gasteiger partial charge in [0.25, 0.3) is 0 Å². The van der Waals surface area contributed by atoms with E-state index in [-0.39, 0.29) is 24.9 Å². The third-order valence-electron chi connectivity index (χ3n) is 5.71. The zero-order chi connectivity index (χ0) is 26.4. The summed E-state index contributed by atoms with van der Waals surface area (Å²) in [5, 5.41) is 2.74. The van der Waals surface area contributed by atoms with Crippen LogP contribution in [0.2, 0.25) is 0 Å². The van der Waals surface area contributed by atoms with Gasteiger partial charge in [0, 0.05) is 19.6 Å². The number of hydrogen-bond donors (Lipinski definition) is 1. The molecule has 0 bridgehead atoms. The lowest BCUT2D eigenvalue weighted by molar-refractivity contribution is -0.274. The average molecular weight is 514 g/mol. The van der Waals surface area contributed by atoms with E-state index >= 15 is 0 Å². The highest BCUT2D eigenvalue weighted by molar-refractivity contribution is 5.99. The second-order valence-electron chi connectivity index (χ2n) is 8.61. The van der Waals surface area contributed by atoms with Crippen molar-refractivity contribution >= 4 is 23.5 Å². The molecule has 3 aromatic rings. The maximum atomic E-state index is 13.4. The van der Waals surface area contributed by atoms with Crippen molar-refractivity contribution < 1.29 is 32.2 Å². The van der Waals surface area contributed by atoms with Crippen molar-refractivity contribution in [2.24, 2.45) is 0 Å². The standard InChI is InChI=1S/C27H26F3N3O4/c1-19-11-12-24(23(15-19)31-25(34)36-18-20-7-3-2-4-8-20)33-14-6-13-32(26(33)35)17-21-9-5-10-22(16-21)37-27(28,29)30/h2-5,7-12,15-16H,6,13-14,17-18H2,1H3,(H,31,34). The van der Waals surface area contributed by atoms with Crippen molar-refractivity contribution in [1.82, 2.24) is 4.90 Å². The second kappa shape index (κ2) is 11.2. The molecule has 0 aliphatic carbocycles. The Bertz CT molecular complexity index is 1250. The fourth-order valence-corrected chi connectivity index (χ4v) is 4.07. The van der Waals surface area contributed by atoms with E-state index in [0.717, 1.165) is 11.1 Å². The van der Waals surface area contributed by atoms with Gasteiger partial charge in [-0.05, 0) is 54.3 Å². The minimum Gasteiger partial charge on any atom is -0.444 e. The zero-order valence-corrected chi connectivity index (χ0v) is 20.1. The van der Waals surface area contributed by atoms with Crippen molar-refractivity contribution in [3.63, 3.8) is 0 Å². The van der Waals surface area contributed by atoms with E-state index in [2.05, 4.69) is 10.1 Å². The van der Waals surface area contributed by atoms with E-state index in [1.807, 2.05) is 43.3 Å². The van der Waals surface area contributed by atoms with Crippen LogP contribution in [0.3, 0.4) is 0 Å². The zero-order valence-electron chi connectivity index (χ0n) is 20.1. The van der Waals surface area contributed by atoms with Crippen molar-refractivity contribution in [1.29, 1.82) is 0 Å². The lowest BCUT2D eigenvalue weighted by Gasteiger charge is -2.36. The fourth-order valence-electron chi connectivity index (χ4n) is 4.07. The van der Waals surface area contributed by atoms with Gasteiger partial charge in [-0.25, -0.2) is 9.59 Å². The molecule has 3 aromatic carbocycles. The lowest BCUT2D eigenvalue weighted by Crippen LogP contribution is -2.49. The first kappa shape index (κ1) is 25.9. The van der Waals surface area contributed by atoms with Crippen LogP contribution in [0, 0.1) is 6.92 Å². The third kappa shape index (κ3) is 7.16. The number of benzene rings is 3. The van der Waals surface area contributed by atoms with Gasteiger partial charge in [0.15, 0.2) is 0 Å². The first-order valence-corrected chi connectivity index (χ1v) is 11.7. The van der Waals surface area contributed by atoms with Crippen LogP contribution in [0.4, 0.5) is 34.1 Å². The van der Waals surface area contributed by atoms with Crippen LogP contribution >= 0.6 is 0 Å². The van der Waals surface area contributed by atoms with Gasteiger partial charge in [0.1, 0.15) is 12.4 Å². The molecule has 0 atom stereocenters. The fraction of sp³-hybridized carbons (Fsp3) is 0.259. The number of anilines is 2. The normalized spacial score (nSPS) is 13.9. The monoisotopic (exact) mass is 513 g/mol. The minimum atomic E-state index is -4.80. The second-order valence-corrected chi connectivity index (χ2v) is 8.61. The molecule has 0 aromatic heterocycles. The number of urea groups is 1. The molecule has 0 unspecified atom stereocenters. The Balaban J connectivity index is 1.47. The van der Waals surface area contributed by atoms with E-state index < -0.39 is 12.5 Å². The largest absolute Gasteiger partial charge is 0.573 e. The Morgan fingerprint density at radius 3 is 2.49 bits per heavy atom. The molecular formula is C27H26F3N3O4. The number of rotatable bonds is 7. The SMILES string of the molecule is Cc1ccc(N2CCCN(Cc3cccc(OC(F)(F)F)c3)C2=O)c(NC(=O)OCc2ccccc2)c1. The maximum Gasteiger partial charge on any atom is 0.573 e. The summed E-state index contributed by atoms with van der Waals surface area (Å²) >= 11 is 0. The van der Waals surface area contributed by atoms with Gasteiger partial charge in [-0.2, -0.15) is 0 Å². The summed E-state index contributed by atoms with van der Waals surface area (Å²) in [7, 11) is 0. The molecule has 3 amide bonds. The van der Waals surface area contributed by atoms with Crippen molar-refractivity contribution in [3.05, 3.63) is 89.5 Å². The van der Waals surface area contributed by atoms with Crippen LogP contribution in [0.15, 0.2) is 72.8 Å². The Labute approximate surface area is 212 Å². The third-order valence-corrected chi connectivity index (χ3v) is 5.71. The van der Waals surface area contributed by atoms with Gasteiger partial charge in [0.2, 0.25) is 0 Å². The Morgan fingerprint density at radius 2 is 1.73 bits per heavy atom. The molecule has 1 fully saturated rings. The lowest BCUT2D eigenvalue weighted by atomic mass is 10.1. The van der Waals surface area contributed by atoms with E-state index in [9.17, 15) is 22.8 Å². The number of nitrogens with one attached hydrogen (secondary N) is 1. The highest BCUT2D eigenvalue weighted by Gasteiger charge is 2.32. The molecule has 10 heteroatoms. The summed E-state index contributed by atoms with van der Waals surface area (Å²) < 4.78 is 47.1. The highest BCUT2D eigenvalue weighted by Crippen LogP contribution is 2.31. The van der Waals surface area contributed by atoms with Crippen LogP contribution in [0.5, 0.6) is 5.75 Å². The van der Waals surface area contributed by atoms with Gasteiger partial charge in [-0.3, -0.25) is 10.2 Å². The molecule has 194 valence electrons. The number of amides is 3. The van der Waals surface area contributed by atoms with Crippen molar-refractivity contribution in [2.45, 2.75) is 32.9 Å². The molecule has 1 heterocycles. The Kier molecular flexibility index (Phi) is 7.86. The number of halogens is 3. The summed E-state index contributed by atoms with van der Waals surface area (Å²) in [5.74, 6) is -0.342. The number of aryl methyl sites for hydroxylation is 1. The number of hydrogen-bond acceptors (Lipinski definition) is 4. The Hall–Kier alpha value is -4.21. The first-order chi connectivity index (χ1) is 17.7. The quantitative estimate of drug-likeness (QED) is 0.393. The summed E-state index contributed by atoms with van der Waals surface area (Å²) in [5.41, 5.74) is 3.15. The molecule has 0 spiro atoms.